The highest BCUT2D eigenvalue weighted by Gasteiger charge is 2.15. The van der Waals surface area contributed by atoms with Crippen molar-refractivity contribution in [3.8, 4) is 11.1 Å². The maximum Gasteiger partial charge on any atom is 0.275 e. The van der Waals surface area contributed by atoms with Crippen LogP contribution in [0.2, 0.25) is 5.02 Å². The number of hydrogen-bond acceptors (Lipinski definition) is 6. The molecule has 0 aliphatic carbocycles. The van der Waals surface area contributed by atoms with Crippen LogP contribution in [0.25, 0.3) is 22.0 Å². The van der Waals surface area contributed by atoms with Crippen LogP contribution in [0.3, 0.4) is 0 Å². The zero-order valence-corrected chi connectivity index (χ0v) is 18.6. The molecule has 1 fully saturated rings. The quantitative estimate of drug-likeness (QED) is 0.475. The molecule has 1 aliphatic rings. The third kappa shape index (κ3) is 5.01. The molecule has 0 unspecified atom stereocenters. The highest BCUT2D eigenvalue weighted by Crippen LogP contribution is 2.29. The lowest BCUT2D eigenvalue weighted by molar-refractivity contribution is 0.0331. The largest absolute Gasteiger partial charge is 0.379 e. The number of para-hydroxylation sites is 1. The second-order valence-electron chi connectivity index (χ2n) is 7.78. The average Bonchev–Trinajstić information content (AvgIpc) is 2.84. The summed E-state index contributed by atoms with van der Waals surface area (Å²) < 4.78 is 5.38. The van der Waals surface area contributed by atoms with Crippen molar-refractivity contribution in [3.63, 3.8) is 0 Å². The molecule has 1 N–H and O–H groups in total. The smallest absolute Gasteiger partial charge is 0.275 e. The van der Waals surface area contributed by atoms with Crippen molar-refractivity contribution in [2.24, 2.45) is 0 Å². The molecule has 0 atom stereocenters. The topological polar surface area (TPSA) is 80.2 Å². The summed E-state index contributed by atoms with van der Waals surface area (Å²) in [6, 6.07) is 18.8. The van der Waals surface area contributed by atoms with Gasteiger partial charge in [-0.25, -0.2) is 15.0 Å². The Hall–Kier alpha value is -3.39. The number of benzene rings is 2. The molecule has 7 nitrogen and oxygen atoms in total. The Morgan fingerprint density at radius 3 is 2.73 bits per heavy atom. The summed E-state index contributed by atoms with van der Waals surface area (Å²) in [5.74, 6) is 0.779. The Balaban J connectivity index is 1.39. The average molecular weight is 460 g/mol. The summed E-state index contributed by atoms with van der Waals surface area (Å²) in [5.41, 5.74) is 2.91. The Bertz CT molecular complexity index is 1310. The van der Waals surface area contributed by atoms with Crippen molar-refractivity contribution in [3.05, 3.63) is 83.4 Å². The van der Waals surface area contributed by atoms with Crippen molar-refractivity contribution >= 4 is 34.2 Å². The number of aromatic nitrogens is 3. The van der Waals surface area contributed by atoms with E-state index in [0.29, 0.717) is 42.1 Å². The van der Waals surface area contributed by atoms with Crippen molar-refractivity contribution in [2.75, 3.05) is 31.6 Å². The van der Waals surface area contributed by atoms with Gasteiger partial charge in [-0.2, -0.15) is 0 Å². The minimum Gasteiger partial charge on any atom is -0.379 e. The van der Waals surface area contributed by atoms with E-state index in [1.165, 1.54) is 0 Å². The van der Waals surface area contributed by atoms with Crippen LogP contribution < -0.4 is 5.32 Å². The minimum absolute atomic E-state index is 0.310. The van der Waals surface area contributed by atoms with E-state index in [-0.39, 0.29) is 5.91 Å². The first-order valence-electron chi connectivity index (χ1n) is 10.7. The molecule has 0 spiro atoms. The Morgan fingerprint density at radius 2 is 1.88 bits per heavy atom. The number of anilines is 1. The molecule has 1 saturated heterocycles. The molecule has 1 aliphatic heterocycles. The maximum absolute atomic E-state index is 13.0. The van der Waals surface area contributed by atoms with Gasteiger partial charge in [0.1, 0.15) is 17.3 Å². The van der Waals surface area contributed by atoms with E-state index in [9.17, 15) is 4.79 Å². The molecular formula is C25H22ClN5O2. The third-order valence-electron chi connectivity index (χ3n) is 5.50. The van der Waals surface area contributed by atoms with Crippen LogP contribution in [-0.2, 0) is 11.3 Å². The predicted octanol–water partition coefficient (Wildman–Crippen LogP) is 4.43. The molecule has 1 amide bonds. The number of halogens is 1. The number of morpholine rings is 1. The first-order valence-corrected chi connectivity index (χ1v) is 11.1. The summed E-state index contributed by atoms with van der Waals surface area (Å²) in [6.07, 6.45) is 1.66. The van der Waals surface area contributed by atoms with Crippen LogP contribution in [0.1, 0.15) is 16.3 Å². The first kappa shape index (κ1) is 21.5. The molecule has 166 valence electrons. The molecule has 5 rings (SSSR count). The summed E-state index contributed by atoms with van der Waals surface area (Å²) in [4.78, 5) is 28.7. The third-order valence-corrected chi connectivity index (χ3v) is 5.74. The monoisotopic (exact) mass is 459 g/mol. The van der Waals surface area contributed by atoms with Crippen LogP contribution in [0.4, 0.5) is 5.82 Å². The second kappa shape index (κ2) is 9.62. The lowest BCUT2D eigenvalue weighted by Gasteiger charge is -2.25. The molecule has 4 aromatic rings. The second-order valence-corrected chi connectivity index (χ2v) is 8.22. The SMILES string of the molecule is O=C(Nc1ccnc(CN2CCOCC2)n1)c1ccc2cccc(-c3cccc(Cl)c3)c2n1. The molecule has 2 aromatic heterocycles. The molecule has 0 bridgehead atoms. The van der Waals surface area contributed by atoms with Gasteiger partial charge in [-0.15, -0.1) is 0 Å². The van der Waals surface area contributed by atoms with Crippen molar-refractivity contribution in [2.45, 2.75) is 6.54 Å². The number of nitrogens with one attached hydrogen (secondary N) is 1. The van der Waals surface area contributed by atoms with E-state index in [2.05, 4.69) is 25.2 Å². The number of ether oxygens (including phenoxy) is 1. The molecular weight excluding hydrogens is 438 g/mol. The number of rotatable bonds is 5. The lowest BCUT2D eigenvalue weighted by Crippen LogP contribution is -2.36. The lowest BCUT2D eigenvalue weighted by atomic mass is 10.0. The van der Waals surface area contributed by atoms with Gasteiger partial charge in [0.2, 0.25) is 0 Å². The van der Waals surface area contributed by atoms with Crippen molar-refractivity contribution in [1.29, 1.82) is 0 Å². The van der Waals surface area contributed by atoms with Gasteiger partial charge in [0, 0.05) is 35.3 Å². The van der Waals surface area contributed by atoms with E-state index in [1.54, 1.807) is 18.3 Å². The summed E-state index contributed by atoms with van der Waals surface area (Å²) in [5, 5.41) is 4.44. The zero-order valence-electron chi connectivity index (χ0n) is 17.9. The number of fused-ring (bicyclic) bond motifs is 1. The highest BCUT2D eigenvalue weighted by atomic mass is 35.5. The van der Waals surface area contributed by atoms with E-state index in [0.717, 1.165) is 35.1 Å². The molecule has 2 aromatic carbocycles. The summed E-state index contributed by atoms with van der Waals surface area (Å²) >= 11 is 6.19. The van der Waals surface area contributed by atoms with Crippen molar-refractivity contribution < 1.29 is 9.53 Å². The Morgan fingerprint density at radius 1 is 1.03 bits per heavy atom. The number of hydrogen-bond donors (Lipinski definition) is 1. The number of carbonyl (C=O) groups is 1. The van der Waals surface area contributed by atoms with Crippen LogP contribution in [-0.4, -0.2) is 52.1 Å². The van der Waals surface area contributed by atoms with Crippen molar-refractivity contribution in [1.82, 2.24) is 19.9 Å². The zero-order chi connectivity index (χ0) is 22.6. The fourth-order valence-electron chi connectivity index (χ4n) is 3.85. The Kier molecular flexibility index (Phi) is 6.26. The van der Waals surface area contributed by atoms with Gasteiger partial charge in [0.15, 0.2) is 0 Å². The van der Waals surface area contributed by atoms with Gasteiger partial charge in [-0.3, -0.25) is 9.69 Å². The molecule has 3 heterocycles. The van der Waals surface area contributed by atoms with E-state index < -0.39 is 0 Å². The van der Waals surface area contributed by atoms with Crippen LogP contribution in [0.15, 0.2) is 66.9 Å². The van der Waals surface area contributed by atoms with E-state index in [4.69, 9.17) is 16.3 Å². The molecule has 33 heavy (non-hydrogen) atoms. The number of carbonyl (C=O) groups excluding carboxylic acids is 1. The fraction of sp³-hybridized carbons (Fsp3) is 0.200. The summed E-state index contributed by atoms with van der Waals surface area (Å²) in [7, 11) is 0. The molecule has 8 heteroatoms. The minimum atomic E-state index is -0.325. The van der Waals surface area contributed by atoms with E-state index >= 15 is 0 Å². The van der Waals surface area contributed by atoms with Gasteiger partial charge in [0.05, 0.1) is 25.3 Å². The van der Waals surface area contributed by atoms with Crippen LogP contribution >= 0.6 is 11.6 Å². The summed E-state index contributed by atoms with van der Waals surface area (Å²) in [6.45, 7) is 3.72. The standard InChI is InChI=1S/C25H22ClN5O2/c26-19-5-1-4-18(15-19)20-6-2-3-17-7-8-21(28-24(17)20)25(32)30-22-9-10-27-23(29-22)16-31-11-13-33-14-12-31/h1-10,15H,11-14,16H2,(H,27,29,30,32). The molecule has 0 saturated carbocycles. The van der Waals surface area contributed by atoms with Gasteiger partial charge in [-0.05, 0) is 29.8 Å². The van der Waals surface area contributed by atoms with Gasteiger partial charge < -0.3 is 10.1 Å². The van der Waals surface area contributed by atoms with E-state index in [1.807, 2.05) is 48.5 Å². The normalized spacial score (nSPS) is 14.3. The molecule has 0 radical (unpaired) electrons. The number of nitrogens with zero attached hydrogens (tertiary/aromatic N) is 4. The Labute approximate surface area is 196 Å². The maximum atomic E-state index is 13.0. The van der Waals surface area contributed by atoms with Gasteiger partial charge in [-0.1, -0.05) is 48.0 Å². The van der Waals surface area contributed by atoms with Gasteiger partial charge >= 0.3 is 0 Å². The fourth-order valence-corrected chi connectivity index (χ4v) is 4.04. The number of amides is 1. The van der Waals surface area contributed by atoms with Gasteiger partial charge in [0.25, 0.3) is 5.91 Å². The van der Waals surface area contributed by atoms with Crippen LogP contribution in [0.5, 0.6) is 0 Å². The highest BCUT2D eigenvalue weighted by molar-refractivity contribution is 6.30. The van der Waals surface area contributed by atoms with Crippen LogP contribution in [0, 0.1) is 0 Å². The number of pyridine rings is 1. The predicted molar refractivity (Wildman–Crippen MR) is 128 cm³/mol. The first-order chi connectivity index (χ1) is 16.2.